The SMILES string of the molecule is C=CCOC(=O)OC(CC=C)OC(=O)OCC=C. The molecule has 0 unspecified atom stereocenters. The Kier molecular flexibility index (Phi) is 8.71. The van der Waals surface area contributed by atoms with Gasteiger partial charge in [-0.3, -0.25) is 0 Å². The number of ether oxygens (including phenoxy) is 4. The summed E-state index contributed by atoms with van der Waals surface area (Å²) in [6.45, 7) is 10.2. The van der Waals surface area contributed by atoms with Crippen LogP contribution in [0.2, 0.25) is 0 Å². The van der Waals surface area contributed by atoms with Crippen molar-refractivity contribution in [3.05, 3.63) is 38.0 Å². The monoisotopic (exact) mass is 256 g/mol. The summed E-state index contributed by atoms with van der Waals surface area (Å²) < 4.78 is 18.6. The third-order valence-electron chi connectivity index (χ3n) is 1.45. The largest absolute Gasteiger partial charge is 0.511 e. The Morgan fingerprint density at radius 1 is 0.889 bits per heavy atom. The molecular formula is C12H16O6. The third-order valence-corrected chi connectivity index (χ3v) is 1.45. The standard InChI is InChI=1S/C12H16O6/c1-4-7-10(17-11(13)15-8-5-2)18-12(14)16-9-6-3/h4-6,10H,1-3,7-9H2. The van der Waals surface area contributed by atoms with Gasteiger partial charge in [-0.15, -0.1) is 6.58 Å². The van der Waals surface area contributed by atoms with Gasteiger partial charge in [0.05, 0.1) is 0 Å². The molecule has 0 N–H and O–H groups in total. The summed E-state index contributed by atoms with van der Waals surface area (Å²) in [5.41, 5.74) is 0. The first-order chi connectivity index (χ1) is 8.63. The molecule has 0 radical (unpaired) electrons. The molecular weight excluding hydrogens is 240 g/mol. The zero-order valence-corrected chi connectivity index (χ0v) is 10.0. The minimum atomic E-state index is -1.14. The molecule has 18 heavy (non-hydrogen) atoms. The fourth-order valence-corrected chi connectivity index (χ4v) is 0.793. The van der Waals surface area contributed by atoms with E-state index in [0.717, 1.165) is 0 Å². The summed E-state index contributed by atoms with van der Waals surface area (Å²) >= 11 is 0. The number of rotatable bonds is 8. The molecule has 0 bridgehead atoms. The van der Waals surface area contributed by atoms with Gasteiger partial charge in [0.25, 0.3) is 6.29 Å². The molecule has 0 aromatic carbocycles. The van der Waals surface area contributed by atoms with Crippen molar-refractivity contribution in [1.29, 1.82) is 0 Å². The van der Waals surface area contributed by atoms with Gasteiger partial charge in [0, 0.05) is 6.42 Å². The highest BCUT2D eigenvalue weighted by Gasteiger charge is 2.19. The van der Waals surface area contributed by atoms with Crippen LogP contribution in [0.3, 0.4) is 0 Å². The maximum absolute atomic E-state index is 11.1. The van der Waals surface area contributed by atoms with Gasteiger partial charge in [-0.25, -0.2) is 9.59 Å². The number of carbonyl (C=O) groups excluding carboxylic acids is 2. The highest BCUT2D eigenvalue weighted by atomic mass is 16.8. The Labute approximate surface area is 105 Å². The van der Waals surface area contributed by atoms with Gasteiger partial charge in [-0.2, -0.15) is 0 Å². The quantitative estimate of drug-likeness (QED) is 0.377. The highest BCUT2D eigenvalue weighted by Crippen LogP contribution is 2.05. The molecule has 0 heterocycles. The molecule has 0 spiro atoms. The molecule has 0 atom stereocenters. The van der Waals surface area contributed by atoms with Crippen molar-refractivity contribution in [3.8, 4) is 0 Å². The average Bonchev–Trinajstić information content (AvgIpc) is 2.34. The Morgan fingerprint density at radius 3 is 1.67 bits per heavy atom. The van der Waals surface area contributed by atoms with E-state index < -0.39 is 18.6 Å². The zero-order chi connectivity index (χ0) is 13.8. The summed E-state index contributed by atoms with van der Waals surface area (Å²) in [7, 11) is 0. The average molecular weight is 256 g/mol. The summed E-state index contributed by atoms with van der Waals surface area (Å²) in [6.07, 6.45) is 1.21. The first-order valence-electron chi connectivity index (χ1n) is 5.13. The van der Waals surface area contributed by atoms with E-state index in [2.05, 4.69) is 29.2 Å². The molecule has 0 fully saturated rings. The van der Waals surface area contributed by atoms with Crippen LogP contribution in [-0.4, -0.2) is 31.8 Å². The Bertz CT molecular complexity index is 284. The van der Waals surface area contributed by atoms with Crippen molar-refractivity contribution in [2.75, 3.05) is 13.2 Å². The molecule has 0 rings (SSSR count). The van der Waals surface area contributed by atoms with E-state index in [1.54, 1.807) is 0 Å². The number of carbonyl (C=O) groups is 2. The van der Waals surface area contributed by atoms with E-state index in [0.29, 0.717) is 0 Å². The van der Waals surface area contributed by atoms with Crippen LogP contribution in [0.25, 0.3) is 0 Å². The minimum absolute atomic E-state index is 0.000549. The second kappa shape index (κ2) is 9.95. The van der Waals surface area contributed by atoms with E-state index in [-0.39, 0.29) is 19.6 Å². The molecule has 0 aliphatic heterocycles. The van der Waals surface area contributed by atoms with Gasteiger partial charge in [0.1, 0.15) is 13.2 Å². The molecule has 0 saturated carbocycles. The molecule has 100 valence electrons. The van der Waals surface area contributed by atoms with Gasteiger partial charge >= 0.3 is 12.3 Å². The van der Waals surface area contributed by atoms with Crippen LogP contribution in [0.4, 0.5) is 9.59 Å². The maximum Gasteiger partial charge on any atom is 0.511 e. The van der Waals surface area contributed by atoms with Crippen molar-refractivity contribution in [2.45, 2.75) is 12.7 Å². The van der Waals surface area contributed by atoms with Gasteiger partial charge in [-0.05, 0) is 0 Å². The van der Waals surface area contributed by atoms with Crippen molar-refractivity contribution < 1.29 is 28.5 Å². The molecule has 0 aromatic heterocycles. The normalized spacial score (nSPS) is 9.17. The molecule has 0 aliphatic carbocycles. The van der Waals surface area contributed by atoms with Gasteiger partial charge in [0.15, 0.2) is 0 Å². The first kappa shape index (κ1) is 15.8. The van der Waals surface area contributed by atoms with E-state index in [1.165, 1.54) is 18.2 Å². The van der Waals surface area contributed by atoms with Crippen LogP contribution < -0.4 is 0 Å². The lowest BCUT2D eigenvalue weighted by Gasteiger charge is -2.15. The summed E-state index contributed by atoms with van der Waals surface area (Å²) in [6, 6.07) is 0. The van der Waals surface area contributed by atoms with Gasteiger partial charge < -0.3 is 18.9 Å². The van der Waals surface area contributed by atoms with Crippen LogP contribution in [-0.2, 0) is 18.9 Å². The van der Waals surface area contributed by atoms with Crippen molar-refractivity contribution in [3.63, 3.8) is 0 Å². The van der Waals surface area contributed by atoms with E-state index in [1.807, 2.05) is 0 Å². The summed E-state index contributed by atoms with van der Waals surface area (Å²) in [5, 5.41) is 0. The summed E-state index contributed by atoms with van der Waals surface area (Å²) in [5.74, 6) is 0. The smallest absolute Gasteiger partial charge is 0.430 e. The van der Waals surface area contributed by atoms with E-state index in [9.17, 15) is 9.59 Å². The lowest BCUT2D eigenvalue weighted by Crippen LogP contribution is -2.25. The molecule has 6 nitrogen and oxygen atoms in total. The van der Waals surface area contributed by atoms with Crippen LogP contribution in [0, 0.1) is 0 Å². The molecule has 0 aliphatic rings. The van der Waals surface area contributed by atoms with Crippen LogP contribution in [0.15, 0.2) is 38.0 Å². The number of hydrogen-bond acceptors (Lipinski definition) is 6. The molecule has 0 aromatic rings. The third kappa shape index (κ3) is 7.98. The highest BCUT2D eigenvalue weighted by molar-refractivity contribution is 5.62. The van der Waals surface area contributed by atoms with Gasteiger partial charge in [-0.1, -0.05) is 31.4 Å². The van der Waals surface area contributed by atoms with Crippen LogP contribution in [0.1, 0.15) is 6.42 Å². The predicted octanol–water partition coefficient (Wildman–Crippen LogP) is 2.57. The topological polar surface area (TPSA) is 71.1 Å². The molecule has 6 heteroatoms. The maximum atomic E-state index is 11.1. The van der Waals surface area contributed by atoms with Crippen LogP contribution >= 0.6 is 0 Å². The van der Waals surface area contributed by atoms with Crippen molar-refractivity contribution in [1.82, 2.24) is 0 Å². The summed E-state index contributed by atoms with van der Waals surface area (Å²) in [4.78, 5) is 22.2. The molecule has 0 saturated heterocycles. The van der Waals surface area contributed by atoms with Crippen LogP contribution in [0.5, 0.6) is 0 Å². The first-order valence-corrected chi connectivity index (χ1v) is 5.13. The second-order valence-electron chi connectivity index (χ2n) is 2.89. The minimum Gasteiger partial charge on any atom is -0.430 e. The predicted molar refractivity (Wildman–Crippen MR) is 63.9 cm³/mol. The number of hydrogen-bond donors (Lipinski definition) is 0. The van der Waals surface area contributed by atoms with E-state index in [4.69, 9.17) is 9.47 Å². The zero-order valence-electron chi connectivity index (χ0n) is 10.0. The van der Waals surface area contributed by atoms with E-state index >= 15 is 0 Å². The molecule has 0 amide bonds. The van der Waals surface area contributed by atoms with Gasteiger partial charge in [0.2, 0.25) is 0 Å². The lowest BCUT2D eigenvalue weighted by atomic mass is 10.4. The Morgan fingerprint density at radius 2 is 1.33 bits per heavy atom. The fourth-order valence-electron chi connectivity index (χ4n) is 0.793. The van der Waals surface area contributed by atoms with Crippen molar-refractivity contribution >= 4 is 12.3 Å². The second-order valence-corrected chi connectivity index (χ2v) is 2.89. The Hall–Kier alpha value is -2.24. The fraction of sp³-hybridized carbons (Fsp3) is 0.333. The van der Waals surface area contributed by atoms with Crippen molar-refractivity contribution in [2.24, 2.45) is 0 Å². The Balaban J connectivity index is 4.15. The lowest BCUT2D eigenvalue weighted by molar-refractivity contribution is -0.0990.